The van der Waals surface area contributed by atoms with E-state index in [4.69, 9.17) is 11.6 Å². The Hall–Kier alpha value is -0.550. The van der Waals surface area contributed by atoms with Crippen LogP contribution >= 0.6 is 23.4 Å². The van der Waals surface area contributed by atoms with Gasteiger partial charge in [0, 0.05) is 6.54 Å². The maximum absolute atomic E-state index is 13.2. The lowest BCUT2D eigenvalue weighted by Crippen LogP contribution is -2.15. The normalized spacial score (nSPS) is 20.5. The summed E-state index contributed by atoms with van der Waals surface area (Å²) in [6.45, 7) is 0.747. The molecule has 1 aromatic rings. The largest absolute Gasteiger partial charge is 0.367 e. The number of hydrogen-bond donors (Lipinski definition) is 1. The lowest BCUT2D eigenvalue weighted by molar-refractivity contribution is 0.600. The van der Waals surface area contributed by atoms with Crippen LogP contribution < -0.4 is 5.32 Å². The van der Waals surface area contributed by atoms with Crippen LogP contribution in [0.15, 0.2) is 6.20 Å². The first-order valence-corrected chi connectivity index (χ1v) is 6.28. The number of hydrogen-bond acceptors (Lipinski definition) is 4. The molecule has 0 saturated carbocycles. The van der Waals surface area contributed by atoms with E-state index in [2.05, 4.69) is 15.3 Å². The molecule has 2 rings (SSSR count). The third kappa shape index (κ3) is 2.95. The van der Waals surface area contributed by atoms with Crippen LogP contribution in [0.4, 0.5) is 10.2 Å². The highest BCUT2D eigenvalue weighted by Gasteiger charge is 2.16. The van der Waals surface area contributed by atoms with E-state index in [1.807, 2.05) is 11.8 Å². The van der Waals surface area contributed by atoms with Crippen molar-refractivity contribution in [2.45, 2.75) is 6.42 Å². The van der Waals surface area contributed by atoms with Crippen LogP contribution in [-0.2, 0) is 0 Å². The monoisotopic (exact) mass is 247 g/mol. The topological polar surface area (TPSA) is 37.8 Å². The summed E-state index contributed by atoms with van der Waals surface area (Å²) in [5.74, 6) is 2.67. The summed E-state index contributed by atoms with van der Waals surface area (Å²) in [5.41, 5.74) is 0. The third-order valence-corrected chi connectivity index (χ3v) is 3.71. The molecule has 1 saturated heterocycles. The molecule has 2 heterocycles. The molecule has 6 heteroatoms. The fourth-order valence-electron chi connectivity index (χ4n) is 1.45. The fourth-order valence-corrected chi connectivity index (χ4v) is 2.87. The zero-order chi connectivity index (χ0) is 10.7. The van der Waals surface area contributed by atoms with Crippen LogP contribution in [0, 0.1) is 11.7 Å². The molecule has 0 bridgehead atoms. The molecule has 0 spiro atoms. The van der Waals surface area contributed by atoms with Crippen LogP contribution in [0.5, 0.6) is 0 Å². The third-order valence-electron chi connectivity index (χ3n) is 2.30. The smallest absolute Gasteiger partial charge is 0.224 e. The van der Waals surface area contributed by atoms with Crippen molar-refractivity contribution in [3.05, 3.63) is 17.3 Å². The molecule has 1 N–H and O–H groups in total. The molecule has 0 aliphatic carbocycles. The fraction of sp³-hybridized carbons (Fsp3) is 0.556. The minimum Gasteiger partial charge on any atom is -0.367 e. The summed E-state index contributed by atoms with van der Waals surface area (Å²) in [6.07, 6.45) is 2.26. The quantitative estimate of drug-likeness (QED) is 0.833. The number of nitrogens with one attached hydrogen (secondary N) is 1. The van der Waals surface area contributed by atoms with E-state index < -0.39 is 5.82 Å². The molecular weight excluding hydrogens is 237 g/mol. The van der Waals surface area contributed by atoms with Crippen molar-refractivity contribution in [2.75, 3.05) is 23.4 Å². The number of thioether (sulfide) groups is 1. The van der Waals surface area contributed by atoms with Gasteiger partial charge in [-0.15, -0.1) is 0 Å². The number of halogens is 2. The van der Waals surface area contributed by atoms with Gasteiger partial charge in [-0.3, -0.25) is 0 Å². The van der Waals surface area contributed by atoms with Gasteiger partial charge >= 0.3 is 0 Å². The van der Waals surface area contributed by atoms with Gasteiger partial charge in [0.1, 0.15) is 0 Å². The molecule has 1 aromatic heterocycles. The van der Waals surface area contributed by atoms with Crippen molar-refractivity contribution in [1.82, 2.24) is 9.97 Å². The first kappa shape index (κ1) is 11.0. The van der Waals surface area contributed by atoms with Crippen LogP contribution in [0.3, 0.4) is 0 Å². The summed E-state index contributed by atoms with van der Waals surface area (Å²) in [5, 5.41) is 3.04. The van der Waals surface area contributed by atoms with Crippen LogP contribution in [0.1, 0.15) is 6.42 Å². The number of nitrogens with zero attached hydrogens (tertiary/aromatic N) is 2. The molecule has 3 nitrogen and oxygen atoms in total. The summed E-state index contributed by atoms with van der Waals surface area (Å²) >= 11 is 7.51. The van der Waals surface area contributed by atoms with Crippen molar-refractivity contribution >= 4 is 29.2 Å². The first-order chi connectivity index (χ1) is 7.25. The Kier molecular flexibility index (Phi) is 3.64. The summed E-state index contributed by atoms with van der Waals surface area (Å²) in [7, 11) is 0. The predicted octanol–water partition coefficient (Wildman–Crippen LogP) is 2.43. The molecular formula is C9H11ClFN3S. The second kappa shape index (κ2) is 4.99. The number of anilines is 1. The van der Waals surface area contributed by atoms with Gasteiger partial charge < -0.3 is 5.32 Å². The molecule has 1 atom stereocenters. The average molecular weight is 248 g/mol. The Morgan fingerprint density at radius 3 is 3.27 bits per heavy atom. The molecule has 0 aromatic carbocycles. The van der Waals surface area contributed by atoms with Gasteiger partial charge in [-0.1, -0.05) is 0 Å². The lowest BCUT2D eigenvalue weighted by atomic mass is 10.1. The zero-order valence-electron chi connectivity index (χ0n) is 8.04. The molecule has 1 unspecified atom stereocenters. The standard InChI is InChI=1S/C9H11ClFN3S/c10-9-13-4-7(11)8(14-9)12-3-6-1-2-15-5-6/h4,6H,1-3,5H2,(H,12,13,14). The van der Waals surface area contributed by atoms with E-state index in [1.165, 1.54) is 12.2 Å². The Balaban J connectivity index is 1.94. The Bertz CT molecular complexity index is 344. The highest BCUT2D eigenvalue weighted by atomic mass is 35.5. The highest BCUT2D eigenvalue weighted by molar-refractivity contribution is 7.99. The van der Waals surface area contributed by atoms with Gasteiger partial charge in [0.2, 0.25) is 5.28 Å². The highest BCUT2D eigenvalue weighted by Crippen LogP contribution is 2.23. The predicted molar refractivity (Wildman–Crippen MR) is 60.9 cm³/mol. The molecule has 1 aliphatic heterocycles. The van der Waals surface area contributed by atoms with E-state index in [-0.39, 0.29) is 11.1 Å². The minimum absolute atomic E-state index is 0.0692. The van der Waals surface area contributed by atoms with E-state index in [0.717, 1.165) is 18.5 Å². The maximum Gasteiger partial charge on any atom is 0.224 e. The van der Waals surface area contributed by atoms with E-state index in [0.29, 0.717) is 5.92 Å². The summed E-state index contributed by atoms with van der Waals surface area (Å²) < 4.78 is 13.2. The first-order valence-electron chi connectivity index (χ1n) is 4.75. The lowest BCUT2D eigenvalue weighted by Gasteiger charge is -2.10. The summed E-state index contributed by atoms with van der Waals surface area (Å²) in [4.78, 5) is 7.35. The van der Waals surface area contributed by atoms with Gasteiger partial charge in [-0.05, 0) is 35.4 Å². The molecule has 15 heavy (non-hydrogen) atoms. The van der Waals surface area contributed by atoms with E-state index >= 15 is 0 Å². The Morgan fingerprint density at radius 1 is 1.67 bits per heavy atom. The molecule has 1 aliphatic rings. The average Bonchev–Trinajstić information content (AvgIpc) is 2.72. The van der Waals surface area contributed by atoms with Crippen molar-refractivity contribution in [3.8, 4) is 0 Å². The molecule has 0 radical (unpaired) electrons. The molecule has 82 valence electrons. The van der Waals surface area contributed by atoms with Crippen LogP contribution in [0.25, 0.3) is 0 Å². The Morgan fingerprint density at radius 2 is 2.53 bits per heavy atom. The number of aromatic nitrogens is 2. The minimum atomic E-state index is -0.454. The van der Waals surface area contributed by atoms with Crippen molar-refractivity contribution < 1.29 is 4.39 Å². The van der Waals surface area contributed by atoms with Gasteiger partial charge in [0.05, 0.1) is 6.20 Å². The van der Waals surface area contributed by atoms with Crippen molar-refractivity contribution in [1.29, 1.82) is 0 Å². The zero-order valence-corrected chi connectivity index (χ0v) is 9.61. The van der Waals surface area contributed by atoms with E-state index in [9.17, 15) is 4.39 Å². The van der Waals surface area contributed by atoms with E-state index in [1.54, 1.807) is 0 Å². The SMILES string of the molecule is Fc1cnc(Cl)nc1NCC1CCSC1. The van der Waals surface area contributed by atoms with Crippen LogP contribution in [-0.4, -0.2) is 28.0 Å². The molecule has 1 fully saturated rings. The van der Waals surface area contributed by atoms with Gasteiger partial charge in [-0.25, -0.2) is 9.37 Å². The van der Waals surface area contributed by atoms with Crippen molar-refractivity contribution in [3.63, 3.8) is 0 Å². The maximum atomic E-state index is 13.2. The Labute approximate surface area is 96.8 Å². The van der Waals surface area contributed by atoms with Gasteiger partial charge in [0.25, 0.3) is 0 Å². The van der Waals surface area contributed by atoms with Crippen molar-refractivity contribution in [2.24, 2.45) is 5.92 Å². The van der Waals surface area contributed by atoms with Crippen LogP contribution in [0.2, 0.25) is 5.28 Å². The molecule has 0 amide bonds. The van der Waals surface area contributed by atoms with Gasteiger partial charge in [0.15, 0.2) is 11.6 Å². The summed E-state index contributed by atoms with van der Waals surface area (Å²) in [6, 6.07) is 0. The van der Waals surface area contributed by atoms with Gasteiger partial charge in [-0.2, -0.15) is 16.7 Å². The number of rotatable bonds is 3. The second-order valence-electron chi connectivity index (χ2n) is 3.45. The second-order valence-corrected chi connectivity index (χ2v) is 4.93.